The highest BCUT2D eigenvalue weighted by atomic mass is 32.2. The third kappa shape index (κ3) is 5.14. The number of rotatable bonds is 7. The third-order valence-electron chi connectivity index (χ3n) is 3.49. The number of benzene rings is 2. The fourth-order valence-electron chi connectivity index (χ4n) is 2.25. The van der Waals surface area contributed by atoms with Gasteiger partial charge in [0.05, 0.1) is 11.9 Å². The molecule has 6 nitrogen and oxygen atoms in total. The highest BCUT2D eigenvalue weighted by molar-refractivity contribution is 7.98. The molecule has 0 aliphatic heterocycles. The number of nitrogens with two attached hydrogens (primary N) is 1. The zero-order chi connectivity index (χ0) is 18.4. The SMILES string of the molecule is Nc1nc(CSC[C@H](O)c2ccccc2)nc(Nc2ccc(F)cc2)n1. The Bertz CT molecular complexity index is 848. The molecule has 2 aromatic carbocycles. The second-order valence-electron chi connectivity index (χ2n) is 5.51. The second kappa shape index (κ2) is 8.59. The zero-order valence-electron chi connectivity index (χ0n) is 13.8. The summed E-state index contributed by atoms with van der Waals surface area (Å²) >= 11 is 1.50. The van der Waals surface area contributed by atoms with Gasteiger partial charge in [0, 0.05) is 11.4 Å². The van der Waals surface area contributed by atoms with Crippen molar-refractivity contribution in [2.45, 2.75) is 11.9 Å². The number of nitrogen functional groups attached to an aromatic ring is 1. The molecule has 0 fully saturated rings. The predicted octanol–water partition coefficient (Wildman–Crippen LogP) is 3.30. The van der Waals surface area contributed by atoms with Gasteiger partial charge in [0.2, 0.25) is 11.9 Å². The van der Waals surface area contributed by atoms with Crippen molar-refractivity contribution in [3.8, 4) is 0 Å². The van der Waals surface area contributed by atoms with E-state index in [0.29, 0.717) is 29.0 Å². The topological polar surface area (TPSA) is 97.0 Å². The van der Waals surface area contributed by atoms with Gasteiger partial charge in [-0.25, -0.2) is 4.39 Å². The predicted molar refractivity (Wildman–Crippen MR) is 101 cm³/mol. The van der Waals surface area contributed by atoms with E-state index < -0.39 is 6.10 Å². The van der Waals surface area contributed by atoms with E-state index in [0.717, 1.165) is 5.56 Å². The first-order valence-electron chi connectivity index (χ1n) is 7.94. The molecule has 1 atom stereocenters. The lowest BCUT2D eigenvalue weighted by atomic mass is 10.1. The zero-order valence-corrected chi connectivity index (χ0v) is 14.7. The van der Waals surface area contributed by atoms with Crippen LogP contribution in [-0.4, -0.2) is 25.8 Å². The van der Waals surface area contributed by atoms with Crippen LogP contribution < -0.4 is 11.1 Å². The number of thioether (sulfide) groups is 1. The van der Waals surface area contributed by atoms with Crippen LogP contribution in [0.3, 0.4) is 0 Å². The van der Waals surface area contributed by atoms with Crippen LogP contribution in [0.15, 0.2) is 54.6 Å². The molecule has 0 radical (unpaired) electrons. The Hall–Kier alpha value is -2.71. The molecule has 0 unspecified atom stereocenters. The van der Waals surface area contributed by atoms with Gasteiger partial charge in [0.1, 0.15) is 11.6 Å². The quantitative estimate of drug-likeness (QED) is 0.586. The first-order valence-corrected chi connectivity index (χ1v) is 9.09. The minimum absolute atomic E-state index is 0.101. The Labute approximate surface area is 154 Å². The molecular formula is C18H18FN5OS. The normalized spacial score (nSPS) is 11.9. The third-order valence-corrected chi connectivity index (χ3v) is 4.50. The summed E-state index contributed by atoms with van der Waals surface area (Å²) in [5, 5.41) is 13.2. The van der Waals surface area contributed by atoms with Crippen LogP contribution >= 0.6 is 11.8 Å². The second-order valence-corrected chi connectivity index (χ2v) is 6.54. The van der Waals surface area contributed by atoms with Gasteiger partial charge >= 0.3 is 0 Å². The molecule has 0 spiro atoms. The van der Waals surface area contributed by atoms with Crippen molar-refractivity contribution >= 4 is 29.3 Å². The Morgan fingerprint density at radius 3 is 2.50 bits per heavy atom. The van der Waals surface area contributed by atoms with E-state index in [2.05, 4.69) is 20.3 Å². The van der Waals surface area contributed by atoms with Gasteiger partial charge in [-0.3, -0.25) is 0 Å². The summed E-state index contributed by atoms with van der Waals surface area (Å²) in [7, 11) is 0. The molecule has 0 aliphatic carbocycles. The molecule has 0 amide bonds. The number of nitrogens with one attached hydrogen (secondary N) is 1. The first kappa shape index (κ1) is 18.1. The van der Waals surface area contributed by atoms with E-state index in [9.17, 15) is 9.50 Å². The monoisotopic (exact) mass is 371 g/mol. The Kier molecular flexibility index (Phi) is 5.98. The molecule has 8 heteroatoms. The molecule has 0 saturated heterocycles. The molecule has 0 saturated carbocycles. The Balaban J connectivity index is 1.59. The van der Waals surface area contributed by atoms with E-state index in [1.54, 1.807) is 12.1 Å². The van der Waals surface area contributed by atoms with Gasteiger partial charge in [-0.05, 0) is 29.8 Å². The van der Waals surface area contributed by atoms with Crippen molar-refractivity contribution in [3.63, 3.8) is 0 Å². The molecule has 3 rings (SSSR count). The number of hydrogen-bond acceptors (Lipinski definition) is 7. The van der Waals surface area contributed by atoms with Crippen LogP contribution in [0.1, 0.15) is 17.5 Å². The van der Waals surface area contributed by atoms with Crippen LogP contribution in [0.25, 0.3) is 0 Å². The lowest BCUT2D eigenvalue weighted by molar-refractivity contribution is 0.204. The van der Waals surface area contributed by atoms with Crippen LogP contribution in [0.4, 0.5) is 22.0 Å². The summed E-state index contributed by atoms with van der Waals surface area (Å²) in [5.41, 5.74) is 7.26. The van der Waals surface area contributed by atoms with Gasteiger partial charge in [0.25, 0.3) is 0 Å². The lowest BCUT2D eigenvalue weighted by Crippen LogP contribution is -2.07. The molecule has 1 aromatic heterocycles. The van der Waals surface area contributed by atoms with Crippen molar-refractivity contribution in [1.29, 1.82) is 0 Å². The van der Waals surface area contributed by atoms with Crippen molar-refractivity contribution in [2.24, 2.45) is 0 Å². The van der Waals surface area contributed by atoms with Gasteiger partial charge in [-0.15, -0.1) is 0 Å². The number of aromatic nitrogens is 3. The molecule has 26 heavy (non-hydrogen) atoms. The lowest BCUT2D eigenvalue weighted by Gasteiger charge is -2.11. The molecule has 3 aromatic rings. The van der Waals surface area contributed by atoms with Crippen LogP contribution in [-0.2, 0) is 5.75 Å². The number of nitrogens with zero attached hydrogens (tertiary/aromatic N) is 3. The van der Waals surface area contributed by atoms with E-state index >= 15 is 0 Å². The standard InChI is InChI=1S/C18H18FN5OS/c19-13-6-8-14(9-7-13)21-18-23-16(22-17(20)24-18)11-26-10-15(25)12-4-2-1-3-5-12/h1-9,15,25H,10-11H2,(H3,20,21,22,23,24)/t15-/m0/s1. The smallest absolute Gasteiger partial charge is 0.232 e. The van der Waals surface area contributed by atoms with Crippen LogP contribution in [0, 0.1) is 5.82 Å². The summed E-state index contributed by atoms with van der Waals surface area (Å²) in [6.07, 6.45) is -0.558. The summed E-state index contributed by atoms with van der Waals surface area (Å²) in [6, 6.07) is 15.3. The molecule has 4 N–H and O–H groups in total. The van der Waals surface area contributed by atoms with Crippen molar-refractivity contribution in [2.75, 3.05) is 16.8 Å². The minimum atomic E-state index is -0.558. The van der Waals surface area contributed by atoms with Gasteiger partial charge in [-0.2, -0.15) is 26.7 Å². The fourth-order valence-corrected chi connectivity index (χ4v) is 3.10. The maximum absolute atomic E-state index is 13.0. The van der Waals surface area contributed by atoms with Gasteiger partial charge in [-0.1, -0.05) is 30.3 Å². The average molecular weight is 371 g/mol. The van der Waals surface area contributed by atoms with E-state index in [1.807, 2.05) is 30.3 Å². The molecule has 0 aliphatic rings. The van der Waals surface area contributed by atoms with Crippen molar-refractivity contribution in [3.05, 3.63) is 71.8 Å². The summed E-state index contributed by atoms with van der Waals surface area (Å²) < 4.78 is 13.0. The van der Waals surface area contributed by atoms with E-state index in [1.165, 1.54) is 23.9 Å². The molecule has 1 heterocycles. The van der Waals surface area contributed by atoms with Crippen molar-refractivity contribution < 1.29 is 9.50 Å². The van der Waals surface area contributed by atoms with E-state index in [4.69, 9.17) is 5.73 Å². The molecule has 134 valence electrons. The van der Waals surface area contributed by atoms with Gasteiger partial charge in [0.15, 0.2) is 0 Å². The van der Waals surface area contributed by atoms with Gasteiger partial charge < -0.3 is 16.2 Å². The number of aliphatic hydroxyl groups excluding tert-OH is 1. The molecule has 0 bridgehead atoms. The summed E-state index contributed by atoms with van der Waals surface area (Å²) in [5.74, 6) is 1.57. The van der Waals surface area contributed by atoms with Crippen LogP contribution in [0.5, 0.6) is 0 Å². The fraction of sp³-hybridized carbons (Fsp3) is 0.167. The highest BCUT2D eigenvalue weighted by Crippen LogP contribution is 2.21. The Morgan fingerprint density at radius 1 is 1.04 bits per heavy atom. The Morgan fingerprint density at radius 2 is 1.77 bits per heavy atom. The van der Waals surface area contributed by atoms with Crippen LogP contribution in [0.2, 0.25) is 0 Å². The van der Waals surface area contributed by atoms with Crippen molar-refractivity contribution in [1.82, 2.24) is 15.0 Å². The number of aliphatic hydroxyl groups is 1. The number of anilines is 3. The maximum Gasteiger partial charge on any atom is 0.232 e. The summed E-state index contributed by atoms with van der Waals surface area (Å²) in [6.45, 7) is 0. The maximum atomic E-state index is 13.0. The highest BCUT2D eigenvalue weighted by Gasteiger charge is 2.09. The average Bonchev–Trinajstić information content (AvgIpc) is 2.64. The minimum Gasteiger partial charge on any atom is -0.388 e. The van der Waals surface area contributed by atoms with E-state index in [-0.39, 0.29) is 11.8 Å². The number of halogens is 1. The molecular weight excluding hydrogens is 353 g/mol. The first-order chi connectivity index (χ1) is 12.6. The number of hydrogen-bond donors (Lipinski definition) is 3. The summed E-state index contributed by atoms with van der Waals surface area (Å²) in [4.78, 5) is 12.5. The largest absolute Gasteiger partial charge is 0.388 e.